The number of nitrogens with zero attached hydrogens (tertiary/aromatic N) is 3. The molecule has 0 atom stereocenters. The molecule has 1 aromatic rings. The van der Waals surface area contributed by atoms with Gasteiger partial charge in [0.2, 0.25) is 0 Å². The van der Waals surface area contributed by atoms with Crippen LogP contribution in [-0.4, -0.2) is 40.5 Å². The van der Waals surface area contributed by atoms with Gasteiger partial charge >= 0.3 is 0 Å². The lowest BCUT2D eigenvalue weighted by atomic mass is 10.4. The predicted molar refractivity (Wildman–Crippen MR) is 57.3 cm³/mol. The molecule has 0 aromatic carbocycles. The molecule has 0 fully saturated rings. The van der Waals surface area contributed by atoms with Crippen molar-refractivity contribution in [3.05, 3.63) is 24.3 Å². The lowest BCUT2D eigenvalue weighted by molar-refractivity contribution is 0.0920. The molecule has 0 spiro atoms. The molecule has 1 amide bonds. The van der Waals surface area contributed by atoms with E-state index in [9.17, 15) is 4.79 Å². The summed E-state index contributed by atoms with van der Waals surface area (Å²) in [6.07, 6.45) is 4.51. The average Bonchev–Trinajstić information content (AvgIpc) is 2.31. The Labute approximate surface area is 89.5 Å². The van der Waals surface area contributed by atoms with Crippen LogP contribution in [-0.2, 0) is 0 Å². The zero-order valence-corrected chi connectivity index (χ0v) is 9.10. The molecule has 5 heteroatoms. The van der Waals surface area contributed by atoms with Gasteiger partial charge in [0, 0.05) is 12.4 Å². The summed E-state index contributed by atoms with van der Waals surface area (Å²) in [5, 5.41) is 2.79. The summed E-state index contributed by atoms with van der Waals surface area (Å²) in [6.45, 7) is 6.48. The van der Waals surface area contributed by atoms with E-state index in [1.54, 1.807) is 6.20 Å². The number of aromatic nitrogens is 2. The van der Waals surface area contributed by atoms with Gasteiger partial charge in [-0.05, 0) is 13.1 Å². The number of nitrogens with one attached hydrogen (secondary N) is 1. The van der Waals surface area contributed by atoms with Crippen LogP contribution in [0.25, 0.3) is 0 Å². The molecule has 0 saturated heterocycles. The standard InChI is InChI=1S/C10H16N4O/c1-3-14(4-2)8-13-10(15)9-7-11-5-6-12-9/h5-7H,3-4,8H2,1-2H3,(H,13,15). The van der Waals surface area contributed by atoms with Gasteiger partial charge in [-0.3, -0.25) is 14.7 Å². The van der Waals surface area contributed by atoms with Gasteiger partial charge in [-0.15, -0.1) is 0 Å². The topological polar surface area (TPSA) is 58.1 Å². The van der Waals surface area contributed by atoms with Crippen molar-refractivity contribution in [1.82, 2.24) is 20.2 Å². The number of carbonyl (C=O) groups is 1. The molecule has 0 saturated carbocycles. The highest BCUT2D eigenvalue weighted by molar-refractivity contribution is 5.91. The quantitative estimate of drug-likeness (QED) is 0.716. The highest BCUT2D eigenvalue weighted by Gasteiger charge is 2.07. The van der Waals surface area contributed by atoms with Crippen LogP contribution in [0, 0.1) is 0 Å². The van der Waals surface area contributed by atoms with E-state index in [0.29, 0.717) is 12.4 Å². The second kappa shape index (κ2) is 6.08. The van der Waals surface area contributed by atoms with Gasteiger partial charge < -0.3 is 5.32 Å². The van der Waals surface area contributed by atoms with Crippen molar-refractivity contribution in [2.24, 2.45) is 0 Å². The molecule has 0 aliphatic rings. The van der Waals surface area contributed by atoms with Crippen LogP contribution >= 0.6 is 0 Å². The minimum absolute atomic E-state index is 0.185. The number of amides is 1. The summed E-state index contributed by atoms with van der Waals surface area (Å²) in [7, 11) is 0. The van der Waals surface area contributed by atoms with Gasteiger partial charge in [-0.1, -0.05) is 13.8 Å². The SMILES string of the molecule is CCN(CC)CNC(=O)c1cnccn1. The van der Waals surface area contributed by atoms with E-state index < -0.39 is 0 Å². The van der Waals surface area contributed by atoms with E-state index in [1.807, 2.05) is 0 Å². The third-order valence-electron chi connectivity index (χ3n) is 2.15. The first-order valence-corrected chi connectivity index (χ1v) is 5.04. The van der Waals surface area contributed by atoms with E-state index in [-0.39, 0.29) is 5.91 Å². The summed E-state index contributed by atoms with van der Waals surface area (Å²) in [4.78, 5) is 21.4. The fourth-order valence-corrected chi connectivity index (χ4v) is 1.14. The first kappa shape index (κ1) is 11.6. The van der Waals surface area contributed by atoms with Crippen molar-refractivity contribution < 1.29 is 4.79 Å². The molecule has 1 N–H and O–H groups in total. The third kappa shape index (κ3) is 3.63. The molecule has 1 heterocycles. The Hall–Kier alpha value is -1.49. The smallest absolute Gasteiger partial charge is 0.272 e. The lowest BCUT2D eigenvalue weighted by Gasteiger charge is -2.18. The maximum Gasteiger partial charge on any atom is 0.272 e. The Bertz CT molecular complexity index is 298. The lowest BCUT2D eigenvalue weighted by Crippen LogP contribution is -2.37. The van der Waals surface area contributed by atoms with Gasteiger partial charge in [0.1, 0.15) is 5.69 Å². The maximum atomic E-state index is 11.5. The Balaban J connectivity index is 2.43. The Morgan fingerprint density at radius 2 is 2.13 bits per heavy atom. The van der Waals surface area contributed by atoms with Crippen molar-refractivity contribution in [2.45, 2.75) is 13.8 Å². The fourth-order valence-electron chi connectivity index (χ4n) is 1.14. The predicted octanol–water partition coefficient (Wildman–Crippen LogP) is 0.506. The molecule has 0 unspecified atom stereocenters. The van der Waals surface area contributed by atoms with E-state index in [4.69, 9.17) is 0 Å². The summed E-state index contributed by atoms with van der Waals surface area (Å²) in [6, 6.07) is 0. The normalized spacial score (nSPS) is 10.3. The van der Waals surface area contributed by atoms with Gasteiger partial charge in [0.15, 0.2) is 0 Å². The van der Waals surface area contributed by atoms with Crippen LogP contribution < -0.4 is 5.32 Å². The van der Waals surface area contributed by atoms with Crippen LogP contribution in [0.5, 0.6) is 0 Å². The zero-order valence-electron chi connectivity index (χ0n) is 9.10. The van der Waals surface area contributed by atoms with Crippen LogP contribution in [0.1, 0.15) is 24.3 Å². The Morgan fingerprint density at radius 1 is 1.40 bits per heavy atom. The number of hydrogen-bond acceptors (Lipinski definition) is 4. The average molecular weight is 208 g/mol. The molecule has 82 valence electrons. The minimum Gasteiger partial charge on any atom is -0.338 e. The molecule has 5 nitrogen and oxygen atoms in total. The third-order valence-corrected chi connectivity index (χ3v) is 2.15. The Kier molecular flexibility index (Phi) is 4.70. The second-order valence-corrected chi connectivity index (χ2v) is 3.06. The molecule has 1 aromatic heterocycles. The molecule has 0 bridgehead atoms. The van der Waals surface area contributed by atoms with E-state index in [0.717, 1.165) is 13.1 Å². The van der Waals surface area contributed by atoms with Gasteiger partial charge in [-0.2, -0.15) is 0 Å². The first-order valence-electron chi connectivity index (χ1n) is 5.04. The maximum absolute atomic E-state index is 11.5. The monoisotopic (exact) mass is 208 g/mol. The second-order valence-electron chi connectivity index (χ2n) is 3.06. The first-order chi connectivity index (χ1) is 7.27. The molecule has 0 radical (unpaired) electrons. The molecule has 0 aliphatic carbocycles. The van der Waals surface area contributed by atoms with Gasteiger partial charge in [-0.25, -0.2) is 4.98 Å². The van der Waals surface area contributed by atoms with Crippen molar-refractivity contribution >= 4 is 5.91 Å². The van der Waals surface area contributed by atoms with Crippen LogP contribution in [0.2, 0.25) is 0 Å². The molecule has 1 rings (SSSR count). The Morgan fingerprint density at radius 3 is 2.67 bits per heavy atom. The number of hydrogen-bond donors (Lipinski definition) is 1. The molecule has 15 heavy (non-hydrogen) atoms. The summed E-state index contributed by atoms with van der Waals surface area (Å²) < 4.78 is 0. The zero-order chi connectivity index (χ0) is 11.1. The van der Waals surface area contributed by atoms with Crippen LogP contribution in [0.4, 0.5) is 0 Å². The van der Waals surface area contributed by atoms with E-state index in [1.165, 1.54) is 12.4 Å². The summed E-state index contributed by atoms with van der Waals surface area (Å²) in [5.41, 5.74) is 0.352. The summed E-state index contributed by atoms with van der Waals surface area (Å²) >= 11 is 0. The molecular formula is C10H16N4O. The molecule has 0 aliphatic heterocycles. The fraction of sp³-hybridized carbons (Fsp3) is 0.500. The van der Waals surface area contributed by atoms with Crippen molar-refractivity contribution in [3.63, 3.8) is 0 Å². The van der Waals surface area contributed by atoms with Crippen molar-refractivity contribution in [2.75, 3.05) is 19.8 Å². The highest BCUT2D eigenvalue weighted by Crippen LogP contribution is 1.90. The van der Waals surface area contributed by atoms with Crippen LogP contribution in [0.15, 0.2) is 18.6 Å². The van der Waals surface area contributed by atoms with Crippen molar-refractivity contribution in [1.29, 1.82) is 0 Å². The van der Waals surface area contributed by atoms with Gasteiger partial charge in [0.05, 0.1) is 12.9 Å². The van der Waals surface area contributed by atoms with E-state index in [2.05, 4.69) is 34.0 Å². The minimum atomic E-state index is -0.185. The molecular weight excluding hydrogens is 192 g/mol. The van der Waals surface area contributed by atoms with Crippen LogP contribution in [0.3, 0.4) is 0 Å². The highest BCUT2D eigenvalue weighted by atomic mass is 16.2. The van der Waals surface area contributed by atoms with Crippen molar-refractivity contribution in [3.8, 4) is 0 Å². The van der Waals surface area contributed by atoms with E-state index >= 15 is 0 Å². The number of rotatable bonds is 5. The van der Waals surface area contributed by atoms with Gasteiger partial charge in [0.25, 0.3) is 5.91 Å². The number of carbonyl (C=O) groups excluding carboxylic acids is 1. The summed E-state index contributed by atoms with van der Waals surface area (Å²) in [5.74, 6) is -0.185. The largest absolute Gasteiger partial charge is 0.338 e.